The molecule has 158 valence electrons. The smallest absolute Gasteiger partial charge is 0.295 e. The van der Waals surface area contributed by atoms with E-state index in [2.05, 4.69) is 0 Å². The Balaban J connectivity index is 2.22. The van der Waals surface area contributed by atoms with E-state index in [0.29, 0.717) is 27.5 Å². The second-order valence-corrected chi connectivity index (χ2v) is 7.68. The summed E-state index contributed by atoms with van der Waals surface area (Å²) in [7, 11) is 3.04. The summed E-state index contributed by atoms with van der Waals surface area (Å²) in [6, 6.07) is 8.99. The first kappa shape index (κ1) is 22.2. The van der Waals surface area contributed by atoms with E-state index in [1.165, 1.54) is 25.2 Å². The van der Waals surface area contributed by atoms with Gasteiger partial charge >= 0.3 is 0 Å². The summed E-state index contributed by atoms with van der Waals surface area (Å²) in [6.45, 7) is 2.16. The number of amides is 1. The van der Waals surface area contributed by atoms with Crippen molar-refractivity contribution in [3.63, 3.8) is 0 Å². The lowest BCUT2D eigenvalue weighted by molar-refractivity contribution is -0.140. The lowest BCUT2D eigenvalue weighted by atomic mass is 9.94. The molecular formula is C22H21Cl2NO5. The number of likely N-dealkylation sites (tertiary alicyclic amines) is 1. The largest absolute Gasteiger partial charge is 0.507 e. The van der Waals surface area contributed by atoms with Gasteiger partial charge in [-0.25, -0.2) is 0 Å². The van der Waals surface area contributed by atoms with Crippen LogP contribution in [0.15, 0.2) is 42.0 Å². The monoisotopic (exact) mass is 449 g/mol. The average molecular weight is 450 g/mol. The Morgan fingerprint density at radius 1 is 1.13 bits per heavy atom. The fourth-order valence-electron chi connectivity index (χ4n) is 3.52. The number of carbonyl (C=O) groups is 2. The zero-order chi connectivity index (χ0) is 22.0. The summed E-state index contributed by atoms with van der Waals surface area (Å²) < 4.78 is 10.3. The zero-order valence-electron chi connectivity index (χ0n) is 16.7. The van der Waals surface area contributed by atoms with Crippen molar-refractivity contribution in [3.05, 3.63) is 68.7 Å². The van der Waals surface area contributed by atoms with Gasteiger partial charge in [-0.2, -0.15) is 0 Å². The molecule has 0 aromatic heterocycles. The first-order valence-electron chi connectivity index (χ1n) is 9.17. The van der Waals surface area contributed by atoms with Crippen LogP contribution in [-0.4, -0.2) is 49.1 Å². The molecule has 0 spiro atoms. The predicted octanol–water partition coefficient (Wildman–Crippen LogP) is 4.38. The quantitative estimate of drug-likeness (QED) is 0.402. The Kier molecular flexibility index (Phi) is 6.71. The van der Waals surface area contributed by atoms with Crippen molar-refractivity contribution in [2.75, 3.05) is 27.4 Å². The van der Waals surface area contributed by atoms with E-state index in [9.17, 15) is 14.7 Å². The number of ether oxygens (including phenoxy) is 2. The van der Waals surface area contributed by atoms with Crippen LogP contribution < -0.4 is 4.74 Å². The number of benzene rings is 2. The summed E-state index contributed by atoms with van der Waals surface area (Å²) >= 11 is 12.4. The number of rotatable bonds is 6. The van der Waals surface area contributed by atoms with Gasteiger partial charge in [0.25, 0.3) is 11.7 Å². The number of halogens is 2. The van der Waals surface area contributed by atoms with Crippen LogP contribution in [0.5, 0.6) is 5.75 Å². The average Bonchev–Trinajstić information content (AvgIpc) is 2.96. The van der Waals surface area contributed by atoms with Crippen molar-refractivity contribution in [2.24, 2.45) is 0 Å². The van der Waals surface area contributed by atoms with Gasteiger partial charge in [-0.15, -0.1) is 0 Å². The highest BCUT2D eigenvalue weighted by atomic mass is 35.5. The number of Topliss-reactive ketones (excluding diaryl/α,β-unsaturated/α-hetero) is 1. The summed E-state index contributed by atoms with van der Waals surface area (Å²) in [5.41, 5.74) is 1.57. The number of aliphatic hydroxyl groups is 1. The van der Waals surface area contributed by atoms with Crippen LogP contribution in [0.25, 0.3) is 5.76 Å². The molecule has 2 aromatic rings. The maximum absolute atomic E-state index is 12.9. The van der Waals surface area contributed by atoms with Crippen molar-refractivity contribution in [1.29, 1.82) is 0 Å². The molecule has 30 heavy (non-hydrogen) atoms. The second kappa shape index (κ2) is 9.08. The molecule has 0 bridgehead atoms. The molecule has 1 aliphatic rings. The van der Waals surface area contributed by atoms with E-state index >= 15 is 0 Å². The predicted molar refractivity (Wildman–Crippen MR) is 115 cm³/mol. The summed E-state index contributed by atoms with van der Waals surface area (Å²) in [5.74, 6) is -1.17. The molecule has 1 atom stereocenters. The van der Waals surface area contributed by atoms with E-state index < -0.39 is 17.7 Å². The first-order valence-corrected chi connectivity index (χ1v) is 9.93. The number of hydrogen-bond donors (Lipinski definition) is 1. The molecule has 0 aliphatic carbocycles. The number of aliphatic hydroxyl groups excluding tert-OH is 1. The number of aryl methyl sites for hydroxylation is 1. The molecule has 1 heterocycles. The minimum absolute atomic E-state index is 0.0337. The zero-order valence-corrected chi connectivity index (χ0v) is 18.3. The normalized spacial score (nSPS) is 18.2. The third kappa shape index (κ3) is 4.03. The molecule has 8 heteroatoms. The van der Waals surface area contributed by atoms with Crippen LogP contribution in [0.2, 0.25) is 10.0 Å². The number of carbonyl (C=O) groups excluding carboxylic acids is 2. The van der Waals surface area contributed by atoms with Crippen molar-refractivity contribution < 1.29 is 24.2 Å². The van der Waals surface area contributed by atoms with E-state index in [4.69, 9.17) is 32.7 Å². The van der Waals surface area contributed by atoms with Gasteiger partial charge in [-0.05, 0) is 48.4 Å². The molecule has 0 radical (unpaired) electrons. The van der Waals surface area contributed by atoms with Crippen LogP contribution in [0.1, 0.15) is 22.7 Å². The topological polar surface area (TPSA) is 76.1 Å². The molecule has 1 N–H and O–H groups in total. The van der Waals surface area contributed by atoms with E-state index in [1.54, 1.807) is 37.3 Å². The van der Waals surface area contributed by atoms with Crippen LogP contribution in [0, 0.1) is 6.92 Å². The summed E-state index contributed by atoms with van der Waals surface area (Å²) in [4.78, 5) is 27.1. The maximum atomic E-state index is 12.9. The van der Waals surface area contributed by atoms with Gasteiger partial charge in [-0.1, -0.05) is 29.3 Å². The Morgan fingerprint density at radius 2 is 1.87 bits per heavy atom. The van der Waals surface area contributed by atoms with E-state index in [-0.39, 0.29) is 29.5 Å². The first-order chi connectivity index (χ1) is 14.3. The molecule has 3 rings (SSSR count). The lowest BCUT2D eigenvalue weighted by Crippen LogP contribution is -2.32. The molecule has 1 fully saturated rings. The highest BCUT2D eigenvalue weighted by molar-refractivity contribution is 6.47. The number of nitrogens with zero attached hydrogens (tertiary/aromatic N) is 1. The maximum Gasteiger partial charge on any atom is 0.295 e. The third-order valence-corrected chi connectivity index (χ3v) is 5.58. The number of ketones is 1. The SMILES string of the molecule is COCCN1C(=O)C(=O)C(=C(O)c2ccc(OC)cc2C)C1c1ccc(Cl)cc1Cl. The van der Waals surface area contributed by atoms with Crippen molar-refractivity contribution in [2.45, 2.75) is 13.0 Å². The van der Waals surface area contributed by atoms with Gasteiger partial charge in [-0.3, -0.25) is 9.59 Å². The van der Waals surface area contributed by atoms with Crippen molar-refractivity contribution in [1.82, 2.24) is 4.90 Å². The third-order valence-electron chi connectivity index (χ3n) is 5.02. The molecule has 2 aromatic carbocycles. The van der Waals surface area contributed by atoms with Crippen LogP contribution >= 0.6 is 23.2 Å². The van der Waals surface area contributed by atoms with Gasteiger partial charge in [0.15, 0.2) is 0 Å². The van der Waals surface area contributed by atoms with E-state index in [0.717, 1.165) is 0 Å². The molecule has 6 nitrogen and oxygen atoms in total. The minimum Gasteiger partial charge on any atom is -0.507 e. The highest BCUT2D eigenvalue weighted by Crippen LogP contribution is 2.42. The molecular weight excluding hydrogens is 429 g/mol. The Hall–Kier alpha value is -2.54. The molecule has 1 saturated heterocycles. The Labute approximate surface area is 184 Å². The molecule has 1 aliphatic heterocycles. The summed E-state index contributed by atoms with van der Waals surface area (Å²) in [5, 5.41) is 11.8. The fraction of sp³-hybridized carbons (Fsp3) is 0.273. The standard InChI is InChI=1S/C22H21Cl2NO5/c1-12-10-14(30-3)5-7-15(12)20(26)18-19(16-6-4-13(23)11-17(16)24)25(8-9-29-2)22(28)21(18)27/h4-7,10-11,19,26H,8-9H2,1-3H3. The Bertz CT molecular complexity index is 1030. The number of hydrogen-bond acceptors (Lipinski definition) is 5. The van der Waals surface area contributed by atoms with Gasteiger partial charge in [0.2, 0.25) is 0 Å². The van der Waals surface area contributed by atoms with Gasteiger partial charge < -0.3 is 19.5 Å². The molecule has 0 saturated carbocycles. The van der Waals surface area contributed by atoms with E-state index in [1.807, 2.05) is 0 Å². The second-order valence-electron chi connectivity index (χ2n) is 6.83. The summed E-state index contributed by atoms with van der Waals surface area (Å²) in [6.07, 6.45) is 0. The van der Waals surface area contributed by atoms with Crippen LogP contribution in [-0.2, 0) is 14.3 Å². The number of methoxy groups -OCH3 is 2. The van der Waals surface area contributed by atoms with Crippen LogP contribution in [0.3, 0.4) is 0 Å². The highest BCUT2D eigenvalue weighted by Gasteiger charge is 2.46. The van der Waals surface area contributed by atoms with Crippen molar-refractivity contribution >= 4 is 40.7 Å². The lowest BCUT2D eigenvalue weighted by Gasteiger charge is -2.26. The Morgan fingerprint density at radius 3 is 2.47 bits per heavy atom. The minimum atomic E-state index is -0.869. The fourth-order valence-corrected chi connectivity index (χ4v) is 4.03. The van der Waals surface area contributed by atoms with Gasteiger partial charge in [0.05, 0.1) is 25.3 Å². The van der Waals surface area contributed by atoms with Crippen LogP contribution in [0.4, 0.5) is 0 Å². The van der Waals surface area contributed by atoms with Gasteiger partial charge in [0, 0.05) is 29.3 Å². The van der Waals surface area contributed by atoms with Gasteiger partial charge in [0.1, 0.15) is 11.5 Å². The van der Waals surface area contributed by atoms with Crippen molar-refractivity contribution in [3.8, 4) is 5.75 Å². The molecule has 1 amide bonds. The molecule has 1 unspecified atom stereocenters.